The third-order valence-corrected chi connectivity index (χ3v) is 3.85. The smallest absolute Gasteiger partial charge is 0.267 e. The van der Waals surface area contributed by atoms with Crippen LogP contribution < -0.4 is 5.32 Å². The van der Waals surface area contributed by atoms with Gasteiger partial charge in [-0.1, -0.05) is 0 Å². The number of piperidine rings is 1. The number of aromatic amines is 1. The van der Waals surface area contributed by atoms with Gasteiger partial charge < -0.3 is 20.3 Å². The van der Waals surface area contributed by atoms with Gasteiger partial charge in [0.1, 0.15) is 11.8 Å². The Kier molecular flexibility index (Phi) is 5.78. The van der Waals surface area contributed by atoms with Crippen molar-refractivity contribution >= 4 is 5.91 Å². The van der Waals surface area contributed by atoms with E-state index in [1.807, 2.05) is 6.07 Å². The van der Waals surface area contributed by atoms with E-state index in [1.165, 1.54) is 6.20 Å². The van der Waals surface area contributed by atoms with Crippen molar-refractivity contribution in [3.05, 3.63) is 23.5 Å². The van der Waals surface area contributed by atoms with Crippen LogP contribution >= 0.6 is 0 Å². The first-order chi connectivity index (χ1) is 10.2. The number of rotatable bonds is 6. The second kappa shape index (κ2) is 7.81. The van der Waals surface area contributed by atoms with Crippen LogP contribution in [0.2, 0.25) is 0 Å². The first-order valence-corrected chi connectivity index (χ1v) is 7.43. The Hall–Kier alpha value is -1.84. The number of nitrogens with one attached hydrogen (secondary N) is 2. The van der Waals surface area contributed by atoms with Crippen molar-refractivity contribution in [1.29, 1.82) is 5.26 Å². The molecular weight excluding hydrogens is 268 g/mol. The highest BCUT2D eigenvalue weighted by Gasteiger charge is 2.18. The van der Waals surface area contributed by atoms with Crippen LogP contribution in [0.1, 0.15) is 35.3 Å². The van der Waals surface area contributed by atoms with Crippen molar-refractivity contribution in [1.82, 2.24) is 15.2 Å². The second-order valence-corrected chi connectivity index (χ2v) is 5.51. The van der Waals surface area contributed by atoms with Gasteiger partial charge >= 0.3 is 0 Å². The van der Waals surface area contributed by atoms with Gasteiger partial charge in [0, 0.05) is 25.9 Å². The molecule has 2 rings (SSSR count). The van der Waals surface area contributed by atoms with Gasteiger partial charge in [0.15, 0.2) is 0 Å². The van der Waals surface area contributed by atoms with E-state index in [-0.39, 0.29) is 12.5 Å². The molecule has 1 aliphatic heterocycles. The molecule has 0 radical (unpaired) electrons. The number of amides is 1. The van der Waals surface area contributed by atoms with Gasteiger partial charge in [-0.15, -0.1) is 0 Å². The molecule has 0 bridgehead atoms. The first kappa shape index (κ1) is 15.5. The molecule has 0 aliphatic carbocycles. The molecule has 0 saturated carbocycles. The lowest BCUT2D eigenvalue weighted by Crippen LogP contribution is -2.38. The fraction of sp³-hybridized carbons (Fsp3) is 0.600. The van der Waals surface area contributed by atoms with Crippen molar-refractivity contribution in [2.45, 2.75) is 19.3 Å². The van der Waals surface area contributed by atoms with E-state index in [2.05, 4.69) is 15.2 Å². The molecule has 6 nitrogen and oxygen atoms in total. The van der Waals surface area contributed by atoms with Crippen LogP contribution in [-0.2, 0) is 0 Å². The summed E-state index contributed by atoms with van der Waals surface area (Å²) in [5.41, 5.74) is 0.883. The van der Waals surface area contributed by atoms with Gasteiger partial charge in [-0.05, 0) is 44.3 Å². The SMILES string of the molecule is N#Cc1c[nH]c(C(=O)NCCCN2CCCC(CO)C2)c1. The van der Waals surface area contributed by atoms with Crippen LogP contribution in [0.25, 0.3) is 0 Å². The Morgan fingerprint density at radius 1 is 1.62 bits per heavy atom. The van der Waals surface area contributed by atoms with E-state index >= 15 is 0 Å². The minimum Gasteiger partial charge on any atom is -0.396 e. The number of likely N-dealkylation sites (tertiary alicyclic amines) is 1. The summed E-state index contributed by atoms with van der Waals surface area (Å²) >= 11 is 0. The predicted molar refractivity (Wildman–Crippen MR) is 78.7 cm³/mol. The number of aromatic nitrogens is 1. The quantitative estimate of drug-likeness (QED) is 0.673. The van der Waals surface area contributed by atoms with E-state index < -0.39 is 0 Å². The van der Waals surface area contributed by atoms with E-state index in [1.54, 1.807) is 6.07 Å². The molecular formula is C15H22N4O2. The molecule has 1 aromatic rings. The van der Waals surface area contributed by atoms with Crippen molar-refractivity contribution < 1.29 is 9.90 Å². The third kappa shape index (κ3) is 4.59. The predicted octanol–water partition coefficient (Wildman–Crippen LogP) is 0.711. The number of carbonyl (C=O) groups is 1. The highest BCUT2D eigenvalue weighted by atomic mass is 16.3. The van der Waals surface area contributed by atoms with Gasteiger partial charge in [-0.25, -0.2) is 0 Å². The van der Waals surface area contributed by atoms with Crippen LogP contribution in [0.4, 0.5) is 0 Å². The molecule has 0 aromatic carbocycles. The fourth-order valence-corrected chi connectivity index (χ4v) is 2.69. The lowest BCUT2D eigenvalue weighted by Gasteiger charge is -2.31. The van der Waals surface area contributed by atoms with Crippen molar-refractivity contribution in [2.24, 2.45) is 5.92 Å². The van der Waals surface area contributed by atoms with Crippen LogP contribution in [0, 0.1) is 17.2 Å². The molecule has 1 aliphatic rings. The van der Waals surface area contributed by atoms with Gasteiger partial charge in [-0.2, -0.15) is 5.26 Å². The Labute approximate surface area is 124 Å². The van der Waals surface area contributed by atoms with Crippen LogP contribution in [0.15, 0.2) is 12.3 Å². The van der Waals surface area contributed by atoms with Crippen LogP contribution in [0.3, 0.4) is 0 Å². The van der Waals surface area contributed by atoms with Crippen LogP contribution in [-0.4, -0.2) is 53.7 Å². The molecule has 0 spiro atoms. The Bertz CT molecular complexity index is 506. The molecule has 21 heavy (non-hydrogen) atoms. The summed E-state index contributed by atoms with van der Waals surface area (Å²) in [5, 5.41) is 20.7. The number of carbonyl (C=O) groups excluding carboxylic acids is 1. The number of hydrogen-bond donors (Lipinski definition) is 3. The van der Waals surface area contributed by atoms with E-state index in [9.17, 15) is 9.90 Å². The standard InChI is InChI=1S/C15H22N4O2/c16-8-13-7-14(18-9-13)15(21)17-4-2-6-19-5-1-3-12(10-19)11-20/h7,9,12,18,20H,1-6,10-11H2,(H,17,21). The molecule has 1 unspecified atom stereocenters. The number of H-pyrrole nitrogens is 1. The van der Waals surface area contributed by atoms with Crippen molar-refractivity contribution in [2.75, 3.05) is 32.8 Å². The second-order valence-electron chi connectivity index (χ2n) is 5.51. The summed E-state index contributed by atoms with van der Waals surface area (Å²) in [6.45, 7) is 3.84. The number of nitriles is 1. The number of aliphatic hydroxyl groups excluding tert-OH is 1. The average molecular weight is 290 g/mol. The lowest BCUT2D eigenvalue weighted by atomic mass is 9.99. The molecule has 3 N–H and O–H groups in total. The molecule has 2 heterocycles. The van der Waals surface area contributed by atoms with Crippen LogP contribution in [0.5, 0.6) is 0 Å². The van der Waals surface area contributed by atoms with E-state index in [4.69, 9.17) is 5.26 Å². The maximum Gasteiger partial charge on any atom is 0.267 e. The Morgan fingerprint density at radius 3 is 3.19 bits per heavy atom. The van der Waals surface area contributed by atoms with E-state index in [0.29, 0.717) is 23.7 Å². The zero-order chi connectivity index (χ0) is 15.1. The zero-order valence-corrected chi connectivity index (χ0v) is 12.1. The average Bonchev–Trinajstić information content (AvgIpc) is 3.00. The van der Waals surface area contributed by atoms with Gasteiger partial charge in [-0.3, -0.25) is 4.79 Å². The third-order valence-electron chi connectivity index (χ3n) is 3.85. The van der Waals surface area contributed by atoms with Crippen molar-refractivity contribution in [3.8, 4) is 6.07 Å². The molecule has 1 atom stereocenters. The molecule has 1 saturated heterocycles. The highest BCUT2D eigenvalue weighted by molar-refractivity contribution is 5.92. The zero-order valence-electron chi connectivity index (χ0n) is 12.1. The first-order valence-electron chi connectivity index (χ1n) is 7.43. The van der Waals surface area contributed by atoms with Gasteiger partial charge in [0.05, 0.1) is 5.56 Å². The Balaban J connectivity index is 1.65. The number of nitrogens with zero attached hydrogens (tertiary/aromatic N) is 2. The summed E-state index contributed by atoms with van der Waals surface area (Å²) in [4.78, 5) is 17.0. The Morgan fingerprint density at radius 2 is 2.48 bits per heavy atom. The summed E-state index contributed by atoms with van der Waals surface area (Å²) in [7, 11) is 0. The maximum atomic E-state index is 11.8. The monoisotopic (exact) mass is 290 g/mol. The molecule has 6 heteroatoms. The fourth-order valence-electron chi connectivity index (χ4n) is 2.69. The highest BCUT2D eigenvalue weighted by Crippen LogP contribution is 2.15. The molecule has 114 valence electrons. The summed E-state index contributed by atoms with van der Waals surface area (Å²) in [5.74, 6) is 0.222. The number of hydrogen-bond acceptors (Lipinski definition) is 4. The lowest BCUT2D eigenvalue weighted by molar-refractivity contribution is 0.0942. The summed E-state index contributed by atoms with van der Waals surface area (Å²) < 4.78 is 0. The van der Waals surface area contributed by atoms with Gasteiger partial charge in [0.25, 0.3) is 5.91 Å². The van der Waals surface area contributed by atoms with E-state index in [0.717, 1.165) is 38.9 Å². The summed E-state index contributed by atoms with van der Waals surface area (Å²) in [6.07, 6.45) is 4.65. The van der Waals surface area contributed by atoms with Gasteiger partial charge in [0.2, 0.25) is 0 Å². The molecule has 1 fully saturated rings. The minimum absolute atomic E-state index is 0.177. The normalized spacial score (nSPS) is 19.1. The molecule has 1 aromatic heterocycles. The summed E-state index contributed by atoms with van der Waals surface area (Å²) in [6, 6.07) is 3.53. The van der Waals surface area contributed by atoms with Crippen molar-refractivity contribution in [3.63, 3.8) is 0 Å². The largest absolute Gasteiger partial charge is 0.396 e. The topological polar surface area (TPSA) is 92.1 Å². The minimum atomic E-state index is -0.177. The number of aliphatic hydroxyl groups is 1. The maximum absolute atomic E-state index is 11.8. The molecule has 1 amide bonds.